The Morgan fingerprint density at radius 2 is 1.40 bits per heavy atom. The van der Waals surface area contributed by atoms with E-state index in [0.29, 0.717) is 29.1 Å². The van der Waals surface area contributed by atoms with Gasteiger partial charge in [0.2, 0.25) is 5.91 Å². The molecule has 9 heteroatoms. The van der Waals surface area contributed by atoms with E-state index in [-0.39, 0.29) is 23.3 Å². The molecule has 45 heavy (non-hydrogen) atoms. The molecule has 3 N–H and O–H groups in total. The van der Waals surface area contributed by atoms with Gasteiger partial charge in [0.1, 0.15) is 5.70 Å². The van der Waals surface area contributed by atoms with Crippen LogP contribution in [0.4, 0.5) is 11.4 Å². The number of carbonyl (C=O) groups is 4. The second kappa shape index (κ2) is 16.6. The molecule has 4 aromatic carbocycles. The van der Waals surface area contributed by atoms with Crippen LogP contribution >= 0.6 is 11.8 Å². The topological polar surface area (TPSA) is 114 Å². The van der Waals surface area contributed by atoms with E-state index in [0.717, 1.165) is 28.9 Å². The molecular weight excluding hydrogens is 586 g/mol. The van der Waals surface area contributed by atoms with Gasteiger partial charge in [-0.3, -0.25) is 14.4 Å². The standard InChI is InChI=1S/C36H35N3O5S/c1-3-4-22-44-36(43)28-14-16-29(17-15-28)37-33(40)24-45-31-20-18-30(19-21-31)38-35(42)32(23-26-12-10-25(2)11-13-26)39-34(41)27-8-6-5-7-9-27/h5-21,23H,3-4,22,24H2,1-2H3,(H,37,40)(H,38,42)(H,39,41)/b32-23-. The van der Waals surface area contributed by atoms with Crippen LogP contribution < -0.4 is 16.0 Å². The molecular formula is C36H35N3O5S. The molecule has 4 rings (SSSR count). The smallest absolute Gasteiger partial charge is 0.338 e. The van der Waals surface area contributed by atoms with Gasteiger partial charge in [0.25, 0.3) is 11.8 Å². The summed E-state index contributed by atoms with van der Waals surface area (Å²) in [4.78, 5) is 51.5. The zero-order valence-electron chi connectivity index (χ0n) is 25.2. The van der Waals surface area contributed by atoms with Gasteiger partial charge < -0.3 is 20.7 Å². The summed E-state index contributed by atoms with van der Waals surface area (Å²) in [6, 6.07) is 30.0. The van der Waals surface area contributed by atoms with Gasteiger partial charge in [-0.05, 0) is 85.6 Å². The quantitative estimate of drug-likeness (QED) is 0.0636. The second-order valence-corrected chi connectivity index (χ2v) is 11.2. The van der Waals surface area contributed by atoms with Gasteiger partial charge >= 0.3 is 5.97 Å². The molecule has 0 saturated heterocycles. The third-order valence-electron chi connectivity index (χ3n) is 6.53. The Morgan fingerprint density at radius 3 is 2.07 bits per heavy atom. The summed E-state index contributed by atoms with van der Waals surface area (Å²) in [5.74, 6) is -1.28. The molecule has 0 atom stereocenters. The zero-order chi connectivity index (χ0) is 32.0. The average Bonchev–Trinajstić information content (AvgIpc) is 3.06. The molecule has 0 saturated carbocycles. The normalized spacial score (nSPS) is 10.9. The minimum Gasteiger partial charge on any atom is -0.462 e. The fourth-order valence-electron chi connectivity index (χ4n) is 4.03. The first kappa shape index (κ1) is 32.8. The van der Waals surface area contributed by atoms with Crippen LogP contribution in [0.25, 0.3) is 6.08 Å². The average molecular weight is 622 g/mol. The summed E-state index contributed by atoms with van der Waals surface area (Å²) in [6.07, 6.45) is 3.39. The van der Waals surface area contributed by atoms with Gasteiger partial charge in [0.15, 0.2) is 0 Å². The monoisotopic (exact) mass is 621 g/mol. The van der Waals surface area contributed by atoms with E-state index in [2.05, 4.69) is 16.0 Å². The van der Waals surface area contributed by atoms with E-state index in [1.165, 1.54) is 11.8 Å². The number of carbonyl (C=O) groups excluding carboxylic acids is 4. The number of ether oxygens (including phenoxy) is 1. The van der Waals surface area contributed by atoms with Crippen LogP contribution in [-0.2, 0) is 14.3 Å². The van der Waals surface area contributed by atoms with Crippen molar-refractivity contribution in [1.82, 2.24) is 5.32 Å². The molecule has 230 valence electrons. The Labute approximate surface area is 267 Å². The molecule has 0 bridgehead atoms. The van der Waals surface area contributed by atoms with Crippen molar-refractivity contribution in [3.63, 3.8) is 0 Å². The van der Waals surface area contributed by atoms with Gasteiger partial charge in [0.05, 0.1) is 17.9 Å². The number of benzene rings is 4. The highest BCUT2D eigenvalue weighted by Gasteiger charge is 2.15. The Bertz CT molecular complexity index is 1640. The number of esters is 1. The first-order valence-electron chi connectivity index (χ1n) is 14.6. The number of hydrogen-bond donors (Lipinski definition) is 3. The fraction of sp³-hybridized carbons (Fsp3) is 0.167. The Balaban J connectivity index is 1.32. The van der Waals surface area contributed by atoms with Crippen LogP contribution in [0.5, 0.6) is 0 Å². The molecule has 0 aliphatic rings. The summed E-state index contributed by atoms with van der Waals surface area (Å²) in [7, 11) is 0. The van der Waals surface area contributed by atoms with E-state index in [4.69, 9.17) is 4.74 Å². The van der Waals surface area contributed by atoms with E-state index < -0.39 is 11.8 Å². The number of anilines is 2. The first-order chi connectivity index (χ1) is 21.8. The molecule has 0 aliphatic heterocycles. The SMILES string of the molecule is CCCCOC(=O)c1ccc(NC(=O)CSc2ccc(NC(=O)/C(=C/c3ccc(C)cc3)NC(=O)c3ccccc3)cc2)cc1. The lowest BCUT2D eigenvalue weighted by atomic mass is 10.1. The number of aryl methyl sites for hydroxylation is 1. The van der Waals surface area contributed by atoms with Crippen molar-refractivity contribution in [2.45, 2.75) is 31.6 Å². The minimum absolute atomic E-state index is 0.101. The molecule has 0 unspecified atom stereocenters. The summed E-state index contributed by atoms with van der Waals surface area (Å²) >= 11 is 1.34. The van der Waals surface area contributed by atoms with E-state index in [1.807, 2.05) is 44.2 Å². The van der Waals surface area contributed by atoms with Crippen LogP contribution in [0, 0.1) is 6.92 Å². The Kier molecular flexibility index (Phi) is 12.1. The molecule has 0 aliphatic carbocycles. The lowest BCUT2D eigenvalue weighted by Crippen LogP contribution is -2.30. The molecule has 8 nitrogen and oxygen atoms in total. The number of amides is 3. The number of thioether (sulfide) groups is 1. The molecule has 0 spiro atoms. The largest absolute Gasteiger partial charge is 0.462 e. The number of rotatable bonds is 13. The molecule has 0 heterocycles. The number of hydrogen-bond acceptors (Lipinski definition) is 6. The Morgan fingerprint density at radius 1 is 0.756 bits per heavy atom. The van der Waals surface area contributed by atoms with Crippen molar-refractivity contribution in [2.75, 3.05) is 23.0 Å². The summed E-state index contributed by atoms with van der Waals surface area (Å²) in [5, 5.41) is 8.40. The predicted molar refractivity (Wildman–Crippen MR) is 179 cm³/mol. The van der Waals surface area contributed by atoms with E-state index in [1.54, 1.807) is 78.9 Å². The maximum Gasteiger partial charge on any atom is 0.338 e. The first-order valence-corrected chi connectivity index (χ1v) is 15.6. The third-order valence-corrected chi connectivity index (χ3v) is 7.55. The molecule has 0 fully saturated rings. The highest BCUT2D eigenvalue weighted by molar-refractivity contribution is 8.00. The lowest BCUT2D eigenvalue weighted by molar-refractivity contribution is -0.114. The van der Waals surface area contributed by atoms with Crippen molar-refractivity contribution >= 4 is 52.9 Å². The maximum atomic E-state index is 13.3. The molecule has 0 radical (unpaired) electrons. The summed E-state index contributed by atoms with van der Waals surface area (Å²) < 4.78 is 5.21. The molecule has 0 aromatic heterocycles. The summed E-state index contributed by atoms with van der Waals surface area (Å²) in [6.45, 7) is 4.39. The third kappa shape index (κ3) is 10.5. The van der Waals surface area contributed by atoms with Gasteiger partial charge in [0, 0.05) is 21.8 Å². The van der Waals surface area contributed by atoms with Crippen molar-refractivity contribution in [1.29, 1.82) is 0 Å². The lowest BCUT2D eigenvalue weighted by Gasteiger charge is -2.12. The molecule has 3 amide bonds. The van der Waals surface area contributed by atoms with Gasteiger partial charge in [-0.2, -0.15) is 0 Å². The van der Waals surface area contributed by atoms with Gasteiger partial charge in [-0.25, -0.2) is 4.79 Å². The van der Waals surface area contributed by atoms with Crippen molar-refractivity contribution in [3.8, 4) is 0 Å². The van der Waals surface area contributed by atoms with Gasteiger partial charge in [-0.15, -0.1) is 11.8 Å². The van der Waals surface area contributed by atoms with Crippen LogP contribution in [0.1, 0.15) is 51.6 Å². The molecule has 4 aromatic rings. The number of nitrogens with one attached hydrogen (secondary N) is 3. The zero-order valence-corrected chi connectivity index (χ0v) is 26.0. The van der Waals surface area contributed by atoms with Crippen molar-refractivity contribution in [2.24, 2.45) is 0 Å². The van der Waals surface area contributed by atoms with Crippen LogP contribution in [0.3, 0.4) is 0 Å². The highest BCUT2D eigenvalue weighted by atomic mass is 32.2. The minimum atomic E-state index is -0.472. The Hall–Kier alpha value is -5.15. The van der Waals surface area contributed by atoms with Crippen LogP contribution in [0.2, 0.25) is 0 Å². The highest BCUT2D eigenvalue weighted by Crippen LogP contribution is 2.22. The van der Waals surface area contributed by atoms with Crippen LogP contribution in [-0.4, -0.2) is 36.1 Å². The van der Waals surface area contributed by atoms with E-state index >= 15 is 0 Å². The summed E-state index contributed by atoms with van der Waals surface area (Å²) in [5.41, 5.74) is 3.93. The van der Waals surface area contributed by atoms with E-state index in [9.17, 15) is 19.2 Å². The predicted octanol–water partition coefficient (Wildman–Crippen LogP) is 7.09. The van der Waals surface area contributed by atoms with Crippen LogP contribution in [0.15, 0.2) is 114 Å². The van der Waals surface area contributed by atoms with Crippen molar-refractivity contribution in [3.05, 3.63) is 131 Å². The second-order valence-electron chi connectivity index (χ2n) is 10.2. The number of unbranched alkanes of at least 4 members (excludes halogenated alkanes) is 1. The fourth-order valence-corrected chi connectivity index (χ4v) is 4.73. The van der Waals surface area contributed by atoms with Gasteiger partial charge in [-0.1, -0.05) is 61.4 Å². The van der Waals surface area contributed by atoms with Crippen molar-refractivity contribution < 1.29 is 23.9 Å². The maximum absolute atomic E-state index is 13.3.